The van der Waals surface area contributed by atoms with Gasteiger partial charge in [0.05, 0.1) is 18.9 Å². The number of nitrogens with one attached hydrogen (secondary N) is 1. The molecule has 0 spiro atoms. The van der Waals surface area contributed by atoms with Gasteiger partial charge in [0.15, 0.2) is 0 Å². The van der Waals surface area contributed by atoms with Gasteiger partial charge >= 0.3 is 11.8 Å². The summed E-state index contributed by atoms with van der Waals surface area (Å²) in [7, 11) is 0. The van der Waals surface area contributed by atoms with Crippen LogP contribution in [0.4, 0.5) is 10.3 Å². The summed E-state index contributed by atoms with van der Waals surface area (Å²) >= 11 is 0. The van der Waals surface area contributed by atoms with E-state index in [4.69, 9.17) is 13.9 Å². The third kappa shape index (κ3) is 5.40. The number of carbonyl (C=O) groups is 1. The predicted octanol–water partition coefficient (Wildman–Crippen LogP) is 6.08. The van der Waals surface area contributed by atoms with Gasteiger partial charge in [-0.25, -0.2) is 9.82 Å². The molecule has 1 N–H and O–H groups in total. The Morgan fingerprint density at radius 2 is 1.82 bits per heavy atom. The topological polar surface area (TPSA) is 116 Å². The van der Waals surface area contributed by atoms with E-state index >= 15 is 0 Å². The van der Waals surface area contributed by atoms with Crippen LogP contribution in [0.5, 0.6) is 11.5 Å². The van der Waals surface area contributed by atoms with Crippen molar-refractivity contribution in [3.8, 4) is 11.5 Å². The fourth-order valence-electron chi connectivity index (χ4n) is 4.29. The molecule has 0 saturated carbocycles. The van der Waals surface area contributed by atoms with Crippen LogP contribution in [0.3, 0.4) is 0 Å². The Hall–Kier alpha value is -5.25. The van der Waals surface area contributed by atoms with E-state index in [0.717, 1.165) is 22.8 Å². The van der Waals surface area contributed by atoms with Gasteiger partial charge in [-0.3, -0.25) is 14.9 Å². The summed E-state index contributed by atoms with van der Waals surface area (Å²) in [4.78, 5) is 22.7. The maximum absolute atomic E-state index is 13.8. The summed E-state index contributed by atoms with van der Waals surface area (Å²) in [6.45, 7) is 2.42. The normalized spacial score (nSPS) is 14.6. The van der Waals surface area contributed by atoms with Crippen molar-refractivity contribution >= 4 is 23.8 Å². The van der Waals surface area contributed by atoms with Crippen LogP contribution in [0.1, 0.15) is 40.1 Å². The van der Waals surface area contributed by atoms with Crippen LogP contribution in [0.15, 0.2) is 100 Å². The lowest BCUT2D eigenvalue weighted by Gasteiger charge is -2.30. The molecule has 1 aliphatic rings. The fourth-order valence-corrected chi connectivity index (χ4v) is 4.29. The van der Waals surface area contributed by atoms with Gasteiger partial charge in [-0.05, 0) is 61.0 Å². The number of nitrogens with zero attached hydrogens (tertiary/aromatic N) is 2. The standard InChI is InChI=1S/C29H22FN3O6/c1-2-37-21-13-9-19(10-14-21)28-23(17-31-32-29(34)25-15-16-26(38-25)33(35)36)27(18-7-11-20(30)12-8-18)22-5-3-4-6-24(22)39-28/h3-17,27H,2H2,1H3,(H,32,34)/b31-17-/t27-/m1/s1. The molecular weight excluding hydrogens is 505 g/mol. The number of hydrogen-bond acceptors (Lipinski definition) is 7. The molecule has 0 aliphatic carbocycles. The third-order valence-electron chi connectivity index (χ3n) is 6.01. The third-order valence-corrected chi connectivity index (χ3v) is 6.01. The molecule has 9 nitrogen and oxygen atoms in total. The molecule has 1 atom stereocenters. The number of hydrazone groups is 1. The number of furan rings is 1. The Morgan fingerprint density at radius 1 is 1.08 bits per heavy atom. The smallest absolute Gasteiger partial charge is 0.433 e. The number of rotatable bonds is 8. The zero-order valence-electron chi connectivity index (χ0n) is 20.7. The first-order valence-electron chi connectivity index (χ1n) is 12.0. The number of amides is 1. The molecule has 1 aromatic heterocycles. The highest BCUT2D eigenvalue weighted by Crippen LogP contribution is 2.45. The molecule has 0 bridgehead atoms. The number of benzene rings is 3. The van der Waals surface area contributed by atoms with Crippen LogP contribution in [0.2, 0.25) is 0 Å². The quantitative estimate of drug-likeness (QED) is 0.169. The lowest BCUT2D eigenvalue weighted by molar-refractivity contribution is -0.402. The monoisotopic (exact) mass is 527 g/mol. The Bertz CT molecular complexity index is 1580. The number of para-hydroxylation sites is 1. The number of hydrogen-bond donors (Lipinski definition) is 1. The number of allylic oxidation sites excluding steroid dienone is 1. The van der Waals surface area contributed by atoms with Crippen molar-refractivity contribution in [1.29, 1.82) is 0 Å². The van der Waals surface area contributed by atoms with E-state index in [9.17, 15) is 19.3 Å². The Labute approximate surface area is 222 Å². The van der Waals surface area contributed by atoms with E-state index in [1.54, 1.807) is 12.1 Å². The average molecular weight is 528 g/mol. The van der Waals surface area contributed by atoms with Gasteiger partial charge in [-0.15, -0.1) is 0 Å². The van der Waals surface area contributed by atoms with Crippen molar-refractivity contribution in [2.45, 2.75) is 12.8 Å². The van der Waals surface area contributed by atoms with E-state index in [1.807, 2.05) is 55.5 Å². The summed E-state index contributed by atoms with van der Waals surface area (Å²) < 4.78 is 30.7. The van der Waals surface area contributed by atoms with Gasteiger partial charge in [0.1, 0.15) is 28.0 Å². The summed E-state index contributed by atoms with van der Waals surface area (Å²) in [5.74, 6) is -0.566. The summed E-state index contributed by atoms with van der Waals surface area (Å²) in [5.41, 5.74) is 5.28. The fraction of sp³-hybridized carbons (Fsp3) is 0.103. The van der Waals surface area contributed by atoms with E-state index in [1.165, 1.54) is 24.4 Å². The maximum atomic E-state index is 13.8. The molecule has 1 amide bonds. The van der Waals surface area contributed by atoms with Crippen molar-refractivity contribution in [1.82, 2.24) is 5.43 Å². The molecule has 0 saturated heterocycles. The van der Waals surface area contributed by atoms with Crippen molar-refractivity contribution in [3.05, 3.63) is 129 Å². The van der Waals surface area contributed by atoms with Crippen molar-refractivity contribution in [2.75, 3.05) is 6.61 Å². The van der Waals surface area contributed by atoms with Gasteiger partial charge in [0, 0.05) is 22.6 Å². The number of ether oxygens (including phenoxy) is 2. The second kappa shape index (κ2) is 11.0. The molecular formula is C29H22FN3O6. The minimum absolute atomic E-state index is 0.264. The number of fused-ring (bicyclic) bond motifs is 1. The van der Waals surface area contributed by atoms with Crippen molar-refractivity contribution in [3.63, 3.8) is 0 Å². The first kappa shape index (κ1) is 25.4. The minimum Gasteiger partial charge on any atom is -0.494 e. The highest BCUT2D eigenvalue weighted by atomic mass is 19.1. The van der Waals surface area contributed by atoms with Crippen LogP contribution >= 0.6 is 0 Å². The molecule has 39 heavy (non-hydrogen) atoms. The summed E-state index contributed by atoms with van der Waals surface area (Å²) in [6, 6.07) is 23.2. The highest BCUT2D eigenvalue weighted by molar-refractivity contribution is 5.96. The lowest BCUT2D eigenvalue weighted by Crippen LogP contribution is -2.20. The van der Waals surface area contributed by atoms with Gasteiger partial charge in [-0.2, -0.15) is 5.10 Å². The van der Waals surface area contributed by atoms with E-state index in [0.29, 0.717) is 29.4 Å². The SMILES string of the molecule is CCOc1ccc(C2=C(/C=N\NC(=O)c3ccc([N+](=O)[O-])o3)[C@H](c3ccc(F)cc3)c3ccccc3O2)cc1. The van der Waals surface area contributed by atoms with Crippen LogP contribution in [-0.2, 0) is 0 Å². The summed E-state index contributed by atoms with van der Waals surface area (Å²) in [6.07, 6.45) is 1.45. The van der Waals surface area contributed by atoms with Gasteiger partial charge in [0.2, 0.25) is 5.76 Å². The molecule has 0 unspecified atom stereocenters. The minimum atomic E-state index is -0.766. The molecule has 196 valence electrons. The van der Waals surface area contributed by atoms with E-state index in [-0.39, 0.29) is 11.6 Å². The van der Waals surface area contributed by atoms with Gasteiger partial charge in [0.25, 0.3) is 0 Å². The maximum Gasteiger partial charge on any atom is 0.433 e. The highest BCUT2D eigenvalue weighted by Gasteiger charge is 2.31. The Morgan fingerprint density at radius 3 is 2.51 bits per heavy atom. The second-order valence-corrected chi connectivity index (χ2v) is 8.46. The average Bonchev–Trinajstić information content (AvgIpc) is 3.45. The van der Waals surface area contributed by atoms with E-state index < -0.39 is 22.6 Å². The lowest BCUT2D eigenvalue weighted by atomic mass is 9.81. The molecule has 5 rings (SSSR count). The van der Waals surface area contributed by atoms with E-state index in [2.05, 4.69) is 10.5 Å². The molecule has 1 aliphatic heterocycles. The van der Waals surface area contributed by atoms with Gasteiger partial charge in [-0.1, -0.05) is 30.3 Å². The Balaban J connectivity index is 1.57. The van der Waals surface area contributed by atoms with Crippen LogP contribution in [0, 0.1) is 15.9 Å². The molecule has 4 aromatic rings. The molecule has 10 heteroatoms. The van der Waals surface area contributed by atoms with Crippen molar-refractivity contribution in [2.24, 2.45) is 5.10 Å². The number of nitro groups is 1. The zero-order chi connectivity index (χ0) is 27.4. The molecule has 0 radical (unpaired) electrons. The van der Waals surface area contributed by atoms with Crippen LogP contribution in [-0.4, -0.2) is 23.7 Å². The zero-order valence-corrected chi connectivity index (χ0v) is 20.7. The first-order valence-corrected chi connectivity index (χ1v) is 12.0. The molecule has 3 aromatic carbocycles. The number of carbonyl (C=O) groups excluding carboxylic acids is 1. The molecule has 2 heterocycles. The second-order valence-electron chi connectivity index (χ2n) is 8.46. The van der Waals surface area contributed by atoms with Gasteiger partial charge < -0.3 is 13.9 Å². The first-order chi connectivity index (χ1) is 18.9. The predicted molar refractivity (Wildman–Crippen MR) is 141 cm³/mol. The van der Waals surface area contributed by atoms with Crippen LogP contribution < -0.4 is 14.9 Å². The largest absolute Gasteiger partial charge is 0.494 e. The van der Waals surface area contributed by atoms with Crippen LogP contribution in [0.25, 0.3) is 5.76 Å². The number of halogens is 1. The molecule has 0 fully saturated rings. The van der Waals surface area contributed by atoms with Crippen molar-refractivity contribution < 1.29 is 28.0 Å². The summed E-state index contributed by atoms with van der Waals surface area (Å²) in [5, 5.41) is 15.0. The Kier molecular flexibility index (Phi) is 7.17.